The molecule has 5 rings (SSSR count). The molecule has 0 fully saturated rings. The molecule has 10 heteroatoms. The molecule has 0 radical (unpaired) electrons. The summed E-state index contributed by atoms with van der Waals surface area (Å²) in [5.41, 5.74) is 3.64. The van der Waals surface area contributed by atoms with Gasteiger partial charge in [-0.2, -0.15) is 0 Å². The van der Waals surface area contributed by atoms with E-state index in [-0.39, 0.29) is 11.5 Å². The predicted octanol–water partition coefficient (Wildman–Crippen LogP) is 15.4. The van der Waals surface area contributed by atoms with Crippen LogP contribution in [-0.4, -0.2) is 37.6 Å². The predicted molar refractivity (Wildman–Crippen MR) is 263 cm³/mol. The third kappa shape index (κ3) is 17.3. The zero-order valence-corrected chi connectivity index (χ0v) is 39.5. The molecule has 338 valence electrons. The molecule has 64 heavy (non-hydrogen) atoms. The van der Waals surface area contributed by atoms with Crippen molar-refractivity contribution in [3.8, 4) is 23.0 Å². The molecule has 2 atom stereocenters. The van der Waals surface area contributed by atoms with Gasteiger partial charge in [0.05, 0.1) is 45.8 Å². The number of carbonyl (C=O) groups excluding carboxylic acids is 2. The van der Waals surface area contributed by atoms with Gasteiger partial charge in [-0.25, -0.2) is 9.59 Å². The number of benzene rings is 5. The van der Waals surface area contributed by atoms with Crippen LogP contribution in [0, 0.1) is 23.7 Å². The Balaban J connectivity index is 1.05. The molecule has 0 heterocycles. The van der Waals surface area contributed by atoms with Crippen molar-refractivity contribution in [2.75, 3.05) is 13.2 Å². The molecule has 8 nitrogen and oxygen atoms in total. The van der Waals surface area contributed by atoms with Crippen LogP contribution in [0.15, 0.2) is 119 Å². The van der Waals surface area contributed by atoms with Crippen molar-refractivity contribution in [1.29, 1.82) is 0 Å². The summed E-state index contributed by atoms with van der Waals surface area (Å²) >= 11 is 13.0. The van der Waals surface area contributed by atoms with Crippen molar-refractivity contribution in [2.45, 2.75) is 92.9 Å². The number of hydrogen-bond donors (Lipinski definition) is 0. The average Bonchev–Trinajstić information content (AvgIpc) is 3.26. The number of halogens is 2. The van der Waals surface area contributed by atoms with Gasteiger partial charge in [0.25, 0.3) is 0 Å². The minimum absolute atomic E-state index is 0.231. The molecule has 0 bridgehead atoms. The van der Waals surface area contributed by atoms with Gasteiger partial charge in [-0.3, -0.25) is 9.98 Å². The fourth-order valence-electron chi connectivity index (χ4n) is 6.79. The maximum Gasteiger partial charge on any atom is 0.343 e. The van der Waals surface area contributed by atoms with E-state index in [0.717, 1.165) is 35.8 Å². The van der Waals surface area contributed by atoms with Crippen molar-refractivity contribution in [3.63, 3.8) is 0 Å². The van der Waals surface area contributed by atoms with E-state index >= 15 is 0 Å². The van der Waals surface area contributed by atoms with Crippen LogP contribution in [0.2, 0.25) is 10.0 Å². The quantitative estimate of drug-likeness (QED) is 0.0348. The second kappa shape index (κ2) is 25.8. The Labute approximate surface area is 390 Å². The molecule has 0 saturated heterocycles. The minimum atomic E-state index is -0.559. The van der Waals surface area contributed by atoms with Crippen LogP contribution >= 0.6 is 23.2 Å². The van der Waals surface area contributed by atoms with Crippen LogP contribution in [0.3, 0.4) is 0 Å². The minimum Gasteiger partial charge on any atom is -0.492 e. The highest BCUT2D eigenvalue weighted by atomic mass is 35.5. The zero-order chi connectivity index (χ0) is 45.8. The highest BCUT2D eigenvalue weighted by Gasteiger charge is 2.13. The first-order valence-corrected chi connectivity index (χ1v) is 23.2. The maximum absolute atomic E-state index is 13.0. The van der Waals surface area contributed by atoms with Gasteiger partial charge < -0.3 is 18.9 Å². The number of esters is 2. The summed E-state index contributed by atoms with van der Waals surface area (Å²) in [6.45, 7) is 14.8. The van der Waals surface area contributed by atoms with Crippen molar-refractivity contribution in [3.05, 3.63) is 141 Å². The first-order chi connectivity index (χ1) is 30.8. The Hall–Kier alpha value is -5.44. The van der Waals surface area contributed by atoms with Crippen LogP contribution in [0.5, 0.6) is 23.0 Å². The van der Waals surface area contributed by atoms with Crippen molar-refractivity contribution >= 4 is 58.9 Å². The summed E-state index contributed by atoms with van der Waals surface area (Å²) in [6.07, 6.45) is 12.8. The molecular formula is C54H62Cl2N2O6. The summed E-state index contributed by atoms with van der Waals surface area (Å²) in [4.78, 5) is 35.1. The Morgan fingerprint density at radius 2 is 0.922 bits per heavy atom. The summed E-state index contributed by atoms with van der Waals surface area (Å²) in [5, 5.41) is 1.02. The van der Waals surface area contributed by atoms with Gasteiger partial charge in [0.15, 0.2) is 0 Å². The van der Waals surface area contributed by atoms with Gasteiger partial charge in [-0.15, -0.1) is 0 Å². The molecule has 0 aliphatic rings. The summed E-state index contributed by atoms with van der Waals surface area (Å²) in [6, 6.07) is 31.1. The lowest BCUT2D eigenvalue weighted by atomic mass is 9.98. The molecule has 5 aromatic rings. The fraction of sp³-hybridized carbons (Fsp3) is 0.370. The Bertz CT molecular complexity index is 2150. The van der Waals surface area contributed by atoms with E-state index in [2.05, 4.69) is 51.5 Å². The zero-order valence-electron chi connectivity index (χ0n) is 38.0. The second-order valence-electron chi connectivity index (χ2n) is 17.4. The van der Waals surface area contributed by atoms with E-state index in [9.17, 15) is 9.59 Å². The summed E-state index contributed by atoms with van der Waals surface area (Å²) < 4.78 is 23.1. The molecule has 0 spiro atoms. The van der Waals surface area contributed by atoms with Crippen molar-refractivity contribution in [1.82, 2.24) is 0 Å². The topological polar surface area (TPSA) is 95.8 Å². The van der Waals surface area contributed by atoms with E-state index in [1.807, 2.05) is 24.3 Å². The van der Waals surface area contributed by atoms with Gasteiger partial charge in [0, 0.05) is 18.5 Å². The molecule has 0 aliphatic carbocycles. The lowest BCUT2D eigenvalue weighted by Crippen LogP contribution is -2.10. The van der Waals surface area contributed by atoms with E-state index in [1.165, 1.54) is 44.6 Å². The second-order valence-corrected chi connectivity index (χ2v) is 18.2. The number of hydrogen-bond acceptors (Lipinski definition) is 8. The van der Waals surface area contributed by atoms with Crippen LogP contribution < -0.4 is 18.9 Å². The fourth-order valence-corrected chi connectivity index (χ4v) is 7.25. The first kappa shape index (κ1) is 49.6. The summed E-state index contributed by atoms with van der Waals surface area (Å²) in [7, 11) is 0. The third-order valence-electron chi connectivity index (χ3n) is 10.8. The molecule has 0 N–H and O–H groups in total. The van der Waals surface area contributed by atoms with Crippen LogP contribution in [-0.2, 0) is 0 Å². The molecule has 2 unspecified atom stereocenters. The van der Waals surface area contributed by atoms with E-state index in [0.29, 0.717) is 69.1 Å². The van der Waals surface area contributed by atoms with E-state index in [4.69, 9.17) is 42.1 Å². The lowest BCUT2D eigenvalue weighted by Gasteiger charge is -2.14. The largest absolute Gasteiger partial charge is 0.492 e. The van der Waals surface area contributed by atoms with Crippen molar-refractivity contribution in [2.24, 2.45) is 33.7 Å². The molecular weight excluding hydrogens is 844 g/mol. The highest BCUT2D eigenvalue weighted by molar-refractivity contribution is 6.32. The lowest BCUT2D eigenvalue weighted by molar-refractivity contribution is 0.0732. The highest BCUT2D eigenvalue weighted by Crippen LogP contribution is 2.31. The van der Waals surface area contributed by atoms with Gasteiger partial charge in [-0.05, 0) is 120 Å². The Morgan fingerprint density at radius 3 is 1.30 bits per heavy atom. The maximum atomic E-state index is 13.0. The van der Waals surface area contributed by atoms with Crippen LogP contribution in [0.4, 0.5) is 11.4 Å². The number of aliphatic imine (C=N–C) groups is 2. The summed E-state index contributed by atoms with van der Waals surface area (Å²) in [5.74, 6) is 3.32. The first-order valence-electron chi connectivity index (χ1n) is 22.5. The smallest absolute Gasteiger partial charge is 0.343 e. The standard InChI is InChI=1S/C54H62Cl2N2O6/c1-37(2)10-7-12-39(5)28-30-61-51-26-24-45(32-49(51)55)57-35-41-16-20-43(21-17-41)53(59)63-47-14-9-15-48(34-47)64-54(60)44-22-18-42(19-23-44)36-58-46-25-27-52(50(56)33-46)62-31-29-40(6)13-8-11-38(3)4/h9,14-27,32-40H,7-8,10-13,28-31H2,1-6H3. The molecule has 5 aromatic carbocycles. The van der Waals surface area contributed by atoms with Gasteiger partial charge in [0.1, 0.15) is 23.0 Å². The third-order valence-corrected chi connectivity index (χ3v) is 11.4. The number of rotatable bonds is 24. The molecule has 0 saturated carbocycles. The Morgan fingerprint density at radius 1 is 0.516 bits per heavy atom. The Kier molecular flexibility index (Phi) is 19.9. The number of carbonyl (C=O) groups is 2. The van der Waals surface area contributed by atoms with Gasteiger partial charge in [0.2, 0.25) is 0 Å². The van der Waals surface area contributed by atoms with Crippen molar-refractivity contribution < 1.29 is 28.5 Å². The van der Waals surface area contributed by atoms with E-state index < -0.39 is 11.9 Å². The number of nitrogens with zero attached hydrogens (tertiary/aromatic N) is 2. The van der Waals surface area contributed by atoms with Gasteiger partial charge >= 0.3 is 11.9 Å². The SMILES string of the molecule is CC(C)CCCC(C)CCOc1ccc(N=Cc2ccc(C(=O)Oc3cccc(OC(=O)c4ccc(C=Nc5ccc(OCCC(C)CCCC(C)C)c(Cl)c5)cc4)c3)cc2)cc1Cl. The molecule has 0 aromatic heterocycles. The van der Waals surface area contributed by atoms with Gasteiger partial charge in [-0.1, -0.05) is 134 Å². The number of ether oxygens (including phenoxy) is 4. The monoisotopic (exact) mass is 904 g/mol. The van der Waals surface area contributed by atoms with Crippen LogP contribution in [0.1, 0.15) is 125 Å². The van der Waals surface area contributed by atoms with E-state index in [1.54, 1.807) is 91.3 Å². The molecule has 0 amide bonds. The molecule has 0 aliphatic heterocycles. The normalized spacial score (nSPS) is 12.5. The average molecular weight is 906 g/mol. The van der Waals surface area contributed by atoms with Crippen LogP contribution in [0.25, 0.3) is 0 Å².